The molecule has 100 valence electrons. The standard InChI is InChI=1S/C14H14O2S3/c1-17-11-5-3-7-13(9-11)19(15,16)14-8-4-6-12(10-14)18-2/h3-10H,1-2H3. The van der Waals surface area contributed by atoms with Gasteiger partial charge in [-0.2, -0.15) is 0 Å². The van der Waals surface area contributed by atoms with E-state index in [2.05, 4.69) is 0 Å². The van der Waals surface area contributed by atoms with Crippen molar-refractivity contribution < 1.29 is 8.42 Å². The highest BCUT2D eigenvalue weighted by Crippen LogP contribution is 2.27. The van der Waals surface area contributed by atoms with E-state index < -0.39 is 9.84 Å². The Labute approximate surface area is 122 Å². The van der Waals surface area contributed by atoms with Gasteiger partial charge >= 0.3 is 0 Å². The third kappa shape index (κ3) is 3.16. The Hall–Kier alpha value is -0.910. The number of hydrogen-bond donors (Lipinski definition) is 0. The maximum atomic E-state index is 12.6. The first-order valence-corrected chi connectivity index (χ1v) is 9.54. The van der Waals surface area contributed by atoms with E-state index in [0.29, 0.717) is 9.79 Å². The van der Waals surface area contributed by atoms with Gasteiger partial charge in [0, 0.05) is 9.79 Å². The van der Waals surface area contributed by atoms with E-state index in [1.165, 1.54) is 23.5 Å². The molecule has 0 unspecified atom stereocenters. The summed E-state index contributed by atoms with van der Waals surface area (Å²) in [5.41, 5.74) is 0. The van der Waals surface area contributed by atoms with E-state index >= 15 is 0 Å². The SMILES string of the molecule is CSc1cccc(S(=O)(=O)c2cccc(SC)c2)c1. The van der Waals surface area contributed by atoms with Gasteiger partial charge in [-0.1, -0.05) is 12.1 Å². The van der Waals surface area contributed by atoms with Crippen LogP contribution in [0.5, 0.6) is 0 Å². The highest BCUT2D eigenvalue weighted by molar-refractivity contribution is 7.99. The summed E-state index contributed by atoms with van der Waals surface area (Å²) in [6, 6.07) is 14.1. The van der Waals surface area contributed by atoms with Crippen LogP contribution in [-0.2, 0) is 9.84 Å². The largest absolute Gasteiger partial charge is 0.219 e. The number of hydrogen-bond acceptors (Lipinski definition) is 4. The molecule has 0 N–H and O–H groups in total. The van der Waals surface area contributed by atoms with E-state index in [-0.39, 0.29) is 0 Å². The molecule has 0 heterocycles. The van der Waals surface area contributed by atoms with Crippen LogP contribution in [0.4, 0.5) is 0 Å². The third-order valence-corrected chi connectivity index (χ3v) is 5.90. The summed E-state index contributed by atoms with van der Waals surface area (Å²) in [6.07, 6.45) is 3.86. The van der Waals surface area contributed by atoms with Gasteiger partial charge in [0.05, 0.1) is 9.79 Å². The van der Waals surface area contributed by atoms with Crippen molar-refractivity contribution in [2.75, 3.05) is 12.5 Å². The molecule has 0 atom stereocenters. The molecule has 0 bridgehead atoms. The first-order chi connectivity index (χ1) is 9.07. The fraction of sp³-hybridized carbons (Fsp3) is 0.143. The second kappa shape index (κ2) is 6.03. The van der Waals surface area contributed by atoms with Crippen LogP contribution in [0.3, 0.4) is 0 Å². The van der Waals surface area contributed by atoms with Crippen LogP contribution < -0.4 is 0 Å². The molecule has 0 fully saturated rings. The van der Waals surface area contributed by atoms with Crippen LogP contribution in [0, 0.1) is 0 Å². The highest BCUT2D eigenvalue weighted by Gasteiger charge is 2.18. The molecule has 0 aromatic heterocycles. The Balaban J connectivity index is 2.51. The van der Waals surface area contributed by atoms with Gasteiger partial charge in [-0.15, -0.1) is 23.5 Å². The molecule has 0 saturated heterocycles. The van der Waals surface area contributed by atoms with Gasteiger partial charge in [-0.25, -0.2) is 8.42 Å². The third-order valence-electron chi connectivity index (χ3n) is 2.70. The number of sulfone groups is 1. The summed E-state index contributed by atoms with van der Waals surface area (Å²) in [5, 5.41) is 0. The minimum Gasteiger partial charge on any atom is -0.219 e. The van der Waals surface area contributed by atoms with E-state index in [0.717, 1.165) is 9.79 Å². The van der Waals surface area contributed by atoms with Crippen molar-refractivity contribution in [1.82, 2.24) is 0 Å². The lowest BCUT2D eigenvalue weighted by molar-refractivity contribution is 0.595. The number of benzene rings is 2. The van der Waals surface area contributed by atoms with E-state index in [4.69, 9.17) is 0 Å². The summed E-state index contributed by atoms with van der Waals surface area (Å²) >= 11 is 3.07. The fourth-order valence-electron chi connectivity index (χ4n) is 1.67. The molecule has 0 aliphatic rings. The van der Waals surface area contributed by atoms with Crippen molar-refractivity contribution >= 4 is 33.4 Å². The Kier molecular flexibility index (Phi) is 4.60. The molecule has 2 rings (SSSR count). The molecule has 5 heteroatoms. The first kappa shape index (κ1) is 14.5. The summed E-state index contributed by atoms with van der Waals surface area (Å²) in [6.45, 7) is 0. The van der Waals surface area contributed by atoms with Gasteiger partial charge in [-0.05, 0) is 48.9 Å². The van der Waals surface area contributed by atoms with Gasteiger partial charge in [0.15, 0.2) is 0 Å². The van der Waals surface area contributed by atoms with Gasteiger partial charge in [0.2, 0.25) is 9.84 Å². The topological polar surface area (TPSA) is 34.1 Å². The predicted octanol–water partition coefficient (Wildman–Crippen LogP) is 3.96. The minimum atomic E-state index is -3.43. The van der Waals surface area contributed by atoms with E-state index in [1.54, 1.807) is 36.4 Å². The molecule has 0 radical (unpaired) electrons. The Morgan fingerprint density at radius 2 is 1.21 bits per heavy atom. The average molecular weight is 310 g/mol. The molecule has 0 saturated carbocycles. The molecule has 0 aliphatic carbocycles. The van der Waals surface area contributed by atoms with Gasteiger partial charge in [0.25, 0.3) is 0 Å². The molecule has 19 heavy (non-hydrogen) atoms. The maximum Gasteiger partial charge on any atom is 0.206 e. The molecular weight excluding hydrogens is 296 g/mol. The second-order valence-electron chi connectivity index (χ2n) is 3.86. The van der Waals surface area contributed by atoms with E-state index in [1.807, 2.05) is 24.6 Å². The van der Waals surface area contributed by atoms with Crippen LogP contribution in [0.1, 0.15) is 0 Å². The number of thioether (sulfide) groups is 2. The maximum absolute atomic E-state index is 12.6. The molecule has 2 aromatic rings. The van der Waals surface area contributed by atoms with Crippen LogP contribution in [0.2, 0.25) is 0 Å². The highest BCUT2D eigenvalue weighted by atomic mass is 32.2. The zero-order valence-corrected chi connectivity index (χ0v) is 13.1. The van der Waals surface area contributed by atoms with Gasteiger partial charge in [-0.3, -0.25) is 0 Å². The van der Waals surface area contributed by atoms with Crippen molar-refractivity contribution in [2.24, 2.45) is 0 Å². The summed E-state index contributed by atoms with van der Waals surface area (Å²) in [7, 11) is -3.43. The summed E-state index contributed by atoms with van der Waals surface area (Å²) in [4.78, 5) is 2.58. The quantitative estimate of drug-likeness (QED) is 0.800. The van der Waals surface area contributed by atoms with Crippen LogP contribution in [-0.4, -0.2) is 20.9 Å². The number of rotatable bonds is 4. The molecular formula is C14H14O2S3. The Morgan fingerprint density at radius 3 is 1.58 bits per heavy atom. The molecule has 0 aliphatic heterocycles. The lowest BCUT2D eigenvalue weighted by atomic mass is 10.4. The minimum absolute atomic E-state index is 0.345. The van der Waals surface area contributed by atoms with Crippen molar-refractivity contribution in [2.45, 2.75) is 19.6 Å². The monoisotopic (exact) mass is 310 g/mol. The zero-order valence-electron chi connectivity index (χ0n) is 10.7. The molecule has 0 spiro atoms. The molecule has 2 aromatic carbocycles. The Morgan fingerprint density at radius 1 is 0.789 bits per heavy atom. The van der Waals surface area contributed by atoms with Crippen molar-refractivity contribution in [3.8, 4) is 0 Å². The fourth-order valence-corrected chi connectivity index (χ4v) is 4.09. The smallest absolute Gasteiger partial charge is 0.206 e. The van der Waals surface area contributed by atoms with Crippen molar-refractivity contribution in [1.29, 1.82) is 0 Å². The van der Waals surface area contributed by atoms with E-state index in [9.17, 15) is 8.42 Å². The van der Waals surface area contributed by atoms with Crippen LogP contribution in [0.15, 0.2) is 68.1 Å². The van der Waals surface area contributed by atoms with Crippen LogP contribution in [0.25, 0.3) is 0 Å². The Bertz CT molecular complexity index is 625. The van der Waals surface area contributed by atoms with Crippen molar-refractivity contribution in [3.05, 3.63) is 48.5 Å². The summed E-state index contributed by atoms with van der Waals surface area (Å²) < 4.78 is 25.1. The van der Waals surface area contributed by atoms with Crippen LogP contribution >= 0.6 is 23.5 Å². The predicted molar refractivity (Wildman–Crippen MR) is 81.9 cm³/mol. The normalized spacial score (nSPS) is 11.5. The average Bonchev–Trinajstić information content (AvgIpc) is 2.47. The van der Waals surface area contributed by atoms with Gasteiger partial charge < -0.3 is 0 Å². The van der Waals surface area contributed by atoms with Gasteiger partial charge in [0.1, 0.15) is 0 Å². The summed E-state index contributed by atoms with van der Waals surface area (Å²) in [5.74, 6) is 0. The zero-order chi connectivity index (χ0) is 13.9. The molecule has 2 nitrogen and oxygen atoms in total. The van der Waals surface area contributed by atoms with Crippen molar-refractivity contribution in [3.63, 3.8) is 0 Å². The first-order valence-electron chi connectivity index (χ1n) is 5.61. The lowest BCUT2D eigenvalue weighted by Crippen LogP contribution is -2.02. The lowest BCUT2D eigenvalue weighted by Gasteiger charge is -2.07. The molecule has 0 amide bonds. The second-order valence-corrected chi connectivity index (χ2v) is 7.57.